The Hall–Kier alpha value is -3.50. The maximum Gasteiger partial charge on any atom is 0.300 e. The molecule has 3 aromatic carbocycles. The second-order valence-electron chi connectivity index (χ2n) is 5.52. The van der Waals surface area contributed by atoms with Crippen molar-refractivity contribution in [2.75, 3.05) is 5.32 Å². The van der Waals surface area contributed by atoms with Crippen molar-refractivity contribution in [1.82, 2.24) is 0 Å². The molecule has 0 aliphatic rings. The largest absolute Gasteiger partial charge is 0.347 e. The van der Waals surface area contributed by atoms with Gasteiger partial charge in [-0.05, 0) is 6.07 Å². The maximum atomic E-state index is 11.5. The molecule has 0 amide bonds. The van der Waals surface area contributed by atoms with E-state index in [-0.39, 0.29) is 37.9 Å². The van der Waals surface area contributed by atoms with Gasteiger partial charge in [0, 0.05) is 17.5 Å². The topological polar surface area (TPSA) is 141 Å². The number of anilines is 2. The molecular weight excluding hydrogens is 415 g/mol. The molecule has 0 aromatic heterocycles. The molecule has 3 rings (SSSR count). The summed E-state index contributed by atoms with van der Waals surface area (Å²) in [6.45, 7) is 0. The van der Waals surface area contributed by atoms with Crippen molar-refractivity contribution >= 4 is 62.4 Å². The summed E-state index contributed by atoms with van der Waals surface area (Å²) in [7, 11) is 0. The lowest BCUT2D eigenvalue weighted by Gasteiger charge is -2.13. The van der Waals surface area contributed by atoms with Crippen LogP contribution < -0.4 is 5.32 Å². The molecular formula is C16H8Cl2N4O6. The molecule has 0 saturated heterocycles. The zero-order valence-electron chi connectivity index (χ0n) is 13.6. The summed E-state index contributed by atoms with van der Waals surface area (Å²) < 4.78 is 0. The maximum absolute atomic E-state index is 11.5. The van der Waals surface area contributed by atoms with E-state index < -0.39 is 26.1 Å². The van der Waals surface area contributed by atoms with Gasteiger partial charge in [0.2, 0.25) is 0 Å². The Morgan fingerprint density at radius 3 is 1.75 bits per heavy atom. The van der Waals surface area contributed by atoms with Gasteiger partial charge in [0.15, 0.2) is 0 Å². The van der Waals surface area contributed by atoms with Crippen molar-refractivity contribution < 1.29 is 14.8 Å². The Morgan fingerprint density at radius 1 is 0.714 bits per heavy atom. The van der Waals surface area contributed by atoms with E-state index in [1.54, 1.807) is 12.1 Å². The fourth-order valence-electron chi connectivity index (χ4n) is 2.68. The molecule has 12 heteroatoms. The van der Waals surface area contributed by atoms with E-state index in [0.717, 1.165) is 18.2 Å². The third kappa shape index (κ3) is 3.38. The molecule has 0 atom stereocenters. The van der Waals surface area contributed by atoms with Gasteiger partial charge in [0.1, 0.15) is 5.69 Å². The molecule has 0 aliphatic carbocycles. The third-order valence-corrected chi connectivity index (χ3v) is 4.48. The van der Waals surface area contributed by atoms with Crippen LogP contribution in [0.2, 0.25) is 10.0 Å². The van der Waals surface area contributed by atoms with Gasteiger partial charge in [0.25, 0.3) is 17.1 Å². The second-order valence-corrected chi connectivity index (χ2v) is 6.33. The summed E-state index contributed by atoms with van der Waals surface area (Å²) in [6.07, 6.45) is 0. The molecule has 3 aromatic rings. The van der Waals surface area contributed by atoms with Crippen LogP contribution in [0, 0.1) is 30.3 Å². The summed E-state index contributed by atoms with van der Waals surface area (Å²) in [5.41, 5.74) is -1.45. The number of hydrogen-bond acceptors (Lipinski definition) is 7. The number of nitro benzene ring substituents is 3. The van der Waals surface area contributed by atoms with Gasteiger partial charge < -0.3 is 5.32 Å². The number of rotatable bonds is 5. The first-order chi connectivity index (χ1) is 13.2. The average Bonchev–Trinajstić information content (AvgIpc) is 2.63. The van der Waals surface area contributed by atoms with E-state index in [9.17, 15) is 30.3 Å². The predicted octanol–water partition coefficient (Wildman–Crippen LogP) is 5.61. The van der Waals surface area contributed by atoms with Gasteiger partial charge >= 0.3 is 0 Å². The Bertz CT molecular complexity index is 1140. The van der Waals surface area contributed by atoms with Gasteiger partial charge in [-0.3, -0.25) is 30.3 Å². The van der Waals surface area contributed by atoms with Crippen LogP contribution in [-0.4, -0.2) is 14.8 Å². The smallest absolute Gasteiger partial charge is 0.300 e. The lowest BCUT2D eigenvalue weighted by Crippen LogP contribution is -2.02. The molecule has 0 saturated carbocycles. The molecule has 1 N–H and O–H groups in total. The van der Waals surface area contributed by atoms with E-state index in [1.807, 2.05) is 0 Å². The molecule has 0 aliphatic heterocycles. The Kier molecular flexibility index (Phi) is 4.99. The minimum absolute atomic E-state index is 0.00367. The van der Waals surface area contributed by atoms with Gasteiger partial charge in [-0.2, -0.15) is 0 Å². The average molecular weight is 423 g/mol. The lowest BCUT2D eigenvalue weighted by atomic mass is 10.0. The standard InChI is InChI=1S/C16H8Cl2N4O6/c17-11-5-8(20(23)24)6-12(18)16(11)19-15-10-4-2-1-3-9(10)13(21(25)26)7-14(15)22(27)28/h1-7,19H. The van der Waals surface area contributed by atoms with Gasteiger partial charge in [-0.15, -0.1) is 0 Å². The Labute approximate surface area is 165 Å². The summed E-state index contributed by atoms with van der Waals surface area (Å²) in [6, 6.07) is 8.92. The molecule has 0 fully saturated rings. The Morgan fingerprint density at radius 2 is 1.25 bits per heavy atom. The number of nitrogens with zero attached hydrogens (tertiary/aromatic N) is 3. The number of halogens is 2. The van der Waals surface area contributed by atoms with Crippen molar-refractivity contribution in [2.45, 2.75) is 0 Å². The second kappa shape index (κ2) is 7.25. The zero-order chi connectivity index (χ0) is 20.6. The van der Waals surface area contributed by atoms with Crippen molar-refractivity contribution in [3.63, 3.8) is 0 Å². The van der Waals surface area contributed by atoms with E-state index >= 15 is 0 Å². The first-order valence-corrected chi connectivity index (χ1v) is 8.21. The van der Waals surface area contributed by atoms with Crippen molar-refractivity contribution in [1.29, 1.82) is 0 Å². The quantitative estimate of drug-likeness (QED) is 0.415. The number of hydrogen-bond donors (Lipinski definition) is 1. The highest BCUT2D eigenvalue weighted by molar-refractivity contribution is 6.39. The van der Waals surface area contributed by atoms with E-state index in [2.05, 4.69) is 5.32 Å². The minimum atomic E-state index is -0.783. The molecule has 142 valence electrons. The highest BCUT2D eigenvalue weighted by Crippen LogP contribution is 2.44. The number of fused-ring (bicyclic) bond motifs is 1. The first kappa shape index (κ1) is 19.3. The number of non-ortho nitro benzene ring substituents is 2. The molecule has 0 spiro atoms. The molecule has 10 nitrogen and oxygen atoms in total. The highest BCUT2D eigenvalue weighted by atomic mass is 35.5. The SMILES string of the molecule is O=[N+]([O-])c1cc(Cl)c(Nc2c([N+](=O)[O-])cc([N+](=O)[O-])c3ccccc23)c(Cl)c1. The van der Waals surface area contributed by atoms with E-state index in [4.69, 9.17) is 23.2 Å². The third-order valence-electron chi connectivity index (χ3n) is 3.88. The summed E-state index contributed by atoms with van der Waals surface area (Å²) in [4.78, 5) is 31.6. The summed E-state index contributed by atoms with van der Waals surface area (Å²) in [5.74, 6) is 0. The summed E-state index contributed by atoms with van der Waals surface area (Å²) >= 11 is 12.1. The molecule has 0 heterocycles. The van der Waals surface area contributed by atoms with Crippen LogP contribution in [0.1, 0.15) is 0 Å². The highest BCUT2D eigenvalue weighted by Gasteiger charge is 2.27. The number of nitrogens with one attached hydrogen (secondary N) is 1. The lowest BCUT2D eigenvalue weighted by molar-refractivity contribution is -0.392. The van der Waals surface area contributed by atoms with Crippen molar-refractivity contribution in [3.05, 3.63) is 82.9 Å². The number of benzene rings is 3. The van der Waals surface area contributed by atoms with Crippen LogP contribution in [0.5, 0.6) is 0 Å². The molecule has 0 bridgehead atoms. The van der Waals surface area contributed by atoms with Gasteiger partial charge in [-0.25, -0.2) is 0 Å². The monoisotopic (exact) mass is 422 g/mol. The first-order valence-electron chi connectivity index (χ1n) is 7.45. The molecule has 28 heavy (non-hydrogen) atoms. The summed E-state index contributed by atoms with van der Waals surface area (Å²) in [5, 5.41) is 36.5. The van der Waals surface area contributed by atoms with Gasteiger partial charge in [-0.1, -0.05) is 41.4 Å². The normalized spacial score (nSPS) is 10.6. The van der Waals surface area contributed by atoms with Crippen LogP contribution in [0.25, 0.3) is 10.8 Å². The minimum Gasteiger partial charge on any atom is -0.347 e. The molecule has 0 unspecified atom stereocenters. The fraction of sp³-hybridized carbons (Fsp3) is 0. The van der Waals surface area contributed by atoms with Crippen LogP contribution in [0.15, 0.2) is 42.5 Å². The van der Waals surface area contributed by atoms with Crippen molar-refractivity contribution in [2.24, 2.45) is 0 Å². The fourth-order valence-corrected chi connectivity index (χ4v) is 3.25. The number of nitro groups is 3. The van der Waals surface area contributed by atoms with Crippen molar-refractivity contribution in [3.8, 4) is 0 Å². The van der Waals surface area contributed by atoms with Crippen LogP contribution >= 0.6 is 23.2 Å². The van der Waals surface area contributed by atoms with E-state index in [0.29, 0.717) is 0 Å². The van der Waals surface area contributed by atoms with Crippen LogP contribution in [0.4, 0.5) is 28.4 Å². The predicted molar refractivity (Wildman–Crippen MR) is 104 cm³/mol. The van der Waals surface area contributed by atoms with Gasteiger partial charge in [0.05, 0.1) is 42.0 Å². The van der Waals surface area contributed by atoms with E-state index in [1.165, 1.54) is 12.1 Å². The van der Waals surface area contributed by atoms with Crippen LogP contribution in [0.3, 0.4) is 0 Å². The van der Waals surface area contributed by atoms with Crippen LogP contribution in [-0.2, 0) is 0 Å². The molecule has 0 radical (unpaired) electrons. The zero-order valence-corrected chi connectivity index (χ0v) is 15.1. The Balaban J connectivity index is 2.28.